The van der Waals surface area contributed by atoms with Crippen molar-refractivity contribution in [2.45, 2.75) is 19.4 Å². The summed E-state index contributed by atoms with van der Waals surface area (Å²) in [6, 6.07) is 1.72. The standard InChI is InChI=1S/C11H15N5O2/c1-7-4-10(17)16-11(13-7)14-9(15-16)5-8-6-18-3-2-12-8/h4,8,12H,2-3,5-6H2,1H3,(H,13,14,15). The van der Waals surface area contributed by atoms with E-state index in [0.717, 1.165) is 19.0 Å². The zero-order valence-electron chi connectivity index (χ0n) is 10.1. The van der Waals surface area contributed by atoms with E-state index in [1.807, 2.05) is 0 Å². The van der Waals surface area contributed by atoms with Crippen molar-refractivity contribution in [2.75, 3.05) is 19.8 Å². The van der Waals surface area contributed by atoms with Gasteiger partial charge in [-0.25, -0.2) is 4.98 Å². The van der Waals surface area contributed by atoms with Gasteiger partial charge in [-0.2, -0.15) is 9.50 Å². The van der Waals surface area contributed by atoms with Gasteiger partial charge in [0.2, 0.25) is 0 Å². The third-order valence-electron chi connectivity index (χ3n) is 2.94. The van der Waals surface area contributed by atoms with Gasteiger partial charge in [0.15, 0.2) is 0 Å². The smallest absolute Gasteiger partial charge is 0.274 e. The van der Waals surface area contributed by atoms with E-state index >= 15 is 0 Å². The van der Waals surface area contributed by atoms with E-state index in [2.05, 4.69) is 20.4 Å². The molecule has 2 aromatic heterocycles. The number of nitrogens with zero attached hydrogens (tertiary/aromatic N) is 3. The molecule has 96 valence electrons. The summed E-state index contributed by atoms with van der Waals surface area (Å²) < 4.78 is 6.75. The molecule has 0 amide bonds. The molecule has 2 aromatic rings. The normalized spacial score (nSPS) is 20.4. The maximum atomic E-state index is 11.7. The fourth-order valence-corrected chi connectivity index (χ4v) is 2.11. The van der Waals surface area contributed by atoms with Crippen LogP contribution in [0, 0.1) is 6.92 Å². The molecule has 0 bridgehead atoms. The average molecular weight is 249 g/mol. The second kappa shape index (κ2) is 4.51. The molecular weight excluding hydrogens is 234 g/mol. The molecule has 1 atom stereocenters. The van der Waals surface area contributed by atoms with Crippen LogP contribution >= 0.6 is 0 Å². The highest BCUT2D eigenvalue weighted by Gasteiger charge is 2.16. The number of hydrogen-bond donors (Lipinski definition) is 2. The van der Waals surface area contributed by atoms with E-state index in [4.69, 9.17) is 4.74 Å². The second-order valence-corrected chi connectivity index (χ2v) is 4.47. The summed E-state index contributed by atoms with van der Waals surface area (Å²) in [6.07, 6.45) is 0.696. The fourth-order valence-electron chi connectivity index (χ4n) is 2.11. The summed E-state index contributed by atoms with van der Waals surface area (Å²) in [5.41, 5.74) is 0.543. The Balaban J connectivity index is 1.88. The summed E-state index contributed by atoms with van der Waals surface area (Å²) >= 11 is 0. The Morgan fingerprint density at radius 1 is 1.56 bits per heavy atom. The Labute approximate surface area is 103 Å². The predicted octanol–water partition coefficient (Wildman–Crippen LogP) is -0.743. The van der Waals surface area contributed by atoms with Crippen LogP contribution in [0.15, 0.2) is 10.9 Å². The molecule has 1 unspecified atom stereocenters. The van der Waals surface area contributed by atoms with Crippen LogP contribution < -0.4 is 10.9 Å². The van der Waals surface area contributed by atoms with Crippen LogP contribution in [-0.2, 0) is 11.2 Å². The molecule has 18 heavy (non-hydrogen) atoms. The maximum Gasteiger partial charge on any atom is 0.274 e. The zero-order valence-corrected chi connectivity index (χ0v) is 10.1. The minimum Gasteiger partial charge on any atom is -0.379 e. The van der Waals surface area contributed by atoms with Gasteiger partial charge in [-0.3, -0.25) is 9.89 Å². The van der Waals surface area contributed by atoms with E-state index < -0.39 is 0 Å². The van der Waals surface area contributed by atoms with E-state index in [-0.39, 0.29) is 11.6 Å². The van der Waals surface area contributed by atoms with Crippen molar-refractivity contribution in [1.29, 1.82) is 0 Å². The summed E-state index contributed by atoms with van der Waals surface area (Å²) in [4.78, 5) is 20.3. The molecular formula is C11H15N5O2. The summed E-state index contributed by atoms with van der Waals surface area (Å²) in [5, 5.41) is 6.32. The molecule has 0 spiro atoms. The molecule has 7 nitrogen and oxygen atoms in total. The van der Waals surface area contributed by atoms with Gasteiger partial charge in [0, 0.05) is 30.8 Å². The highest BCUT2D eigenvalue weighted by molar-refractivity contribution is 5.27. The third-order valence-corrected chi connectivity index (χ3v) is 2.94. The highest BCUT2D eigenvalue weighted by Crippen LogP contribution is 2.03. The predicted molar refractivity (Wildman–Crippen MR) is 64.7 cm³/mol. The molecule has 1 aliphatic rings. The zero-order chi connectivity index (χ0) is 12.5. The number of aromatic amines is 1. The van der Waals surface area contributed by atoms with Crippen molar-refractivity contribution >= 4 is 5.78 Å². The van der Waals surface area contributed by atoms with Gasteiger partial charge in [0.05, 0.1) is 13.2 Å². The molecule has 0 aromatic carbocycles. The molecule has 1 aliphatic heterocycles. The number of aromatic nitrogens is 4. The lowest BCUT2D eigenvalue weighted by molar-refractivity contribution is 0.0764. The van der Waals surface area contributed by atoms with Crippen molar-refractivity contribution in [3.8, 4) is 0 Å². The van der Waals surface area contributed by atoms with Crippen LogP contribution in [0.4, 0.5) is 0 Å². The molecule has 0 radical (unpaired) electrons. The van der Waals surface area contributed by atoms with Gasteiger partial charge in [-0.1, -0.05) is 0 Å². The van der Waals surface area contributed by atoms with Gasteiger partial charge < -0.3 is 10.1 Å². The first-order valence-corrected chi connectivity index (χ1v) is 5.99. The number of nitrogens with one attached hydrogen (secondary N) is 2. The van der Waals surface area contributed by atoms with E-state index in [9.17, 15) is 4.79 Å². The molecule has 1 saturated heterocycles. The number of rotatable bonds is 2. The molecule has 7 heteroatoms. The Bertz CT molecular complexity index is 611. The molecule has 0 aliphatic carbocycles. The topological polar surface area (TPSA) is 84.3 Å². The third kappa shape index (κ3) is 2.14. The Morgan fingerprint density at radius 3 is 3.22 bits per heavy atom. The minimum absolute atomic E-state index is 0.135. The Hall–Kier alpha value is -1.73. The lowest BCUT2D eigenvalue weighted by Gasteiger charge is -2.22. The van der Waals surface area contributed by atoms with Gasteiger partial charge in [0.1, 0.15) is 5.82 Å². The lowest BCUT2D eigenvalue weighted by Crippen LogP contribution is -2.42. The van der Waals surface area contributed by atoms with E-state index in [1.165, 1.54) is 10.6 Å². The first-order chi connectivity index (χ1) is 8.72. The maximum absolute atomic E-state index is 11.7. The Morgan fingerprint density at radius 2 is 2.44 bits per heavy atom. The molecule has 1 fully saturated rings. The first kappa shape index (κ1) is 11.4. The van der Waals surface area contributed by atoms with Crippen molar-refractivity contribution in [1.82, 2.24) is 24.9 Å². The molecule has 3 heterocycles. The van der Waals surface area contributed by atoms with Gasteiger partial charge in [0.25, 0.3) is 11.3 Å². The van der Waals surface area contributed by atoms with Gasteiger partial charge in [-0.05, 0) is 6.92 Å². The largest absolute Gasteiger partial charge is 0.379 e. The lowest BCUT2D eigenvalue weighted by atomic mass is 10.2. The van der Waals surface area contributed by atoms with Crippen LogP contribution in [-0.4, -0.2) is 45.4 Å². The second-order valence-electron chi connectivity index (χ2n) is 4.47. The van der Waals surface area contributed by atoms with Crippen molar-refractivity contribution < 1.29 is 4.74 Å². The van der Waals surface area contributed by atoms with Crippen LogP contribution in [0.3, 0.4) is 0 Å². The summed E-state index contributed by atoms with van der Waals surface area (Å²) in [5.74, 6) is 1.17. The monoisotopic (exact) mass is 249 g/mol. The van der Waals surface area contributed by atoms with Crippen LogP contribution in [0.2, 0.25) is 0 Å². The van der Waals surface area contributed by atoms with Crippen LogP contribution in [0.25, 0.3) is 5.78 Å². The number of aryl methyl sites for hydroxylation is 1. The average Bonchev–Trinajstić information content (AvgIpc) is 2.73. The summed E-state index contributed by atoms with van der Waals surface area (Å²) in [7, 11) is 0. The van der Waals surface area contributed by atoms with Gasteiger partial charge in [-0.15, -0.1) is 0 Å². The quantitative estimate of drug-likeness (QED) is 0.732. The summed E-state index contributed by atoms with van der Waals surface area (Å²) in [6.45, 7) is 4.05. The number of hydrogen-bond acceptors (Lipinski definition) is 5. The van der Waals surface area contributed by atoms with E-state index in [1.54, 1.807) is 6.92 Å². The number of fused-ring (bicyclic) bond motifs is 1. The molecule has 2 N–H and O–H groups in total. The van der Waals surface area contributed by atoms with Crippen molar-refractivity contribution in [2.24, 2.45) is 0 Å². The number of ether oxygens (including phenoxy) is 1. The highest BCUT2D eigenvalue weighted by atomic mass is 16.5. The Kier molecular flexibility index (Phi) is 2.85. The van der Waals surface area contributed by atoms with Gasteiger partial charge >= 0.3 is 0 Å². The first-order valence-electron chi connectivity index (χ1n) is 5.99. The van der Waals surface area contributed by atoms with Crippen molar-refractivity contribution in [3.63, 3.8) is 0 Å². The van der Waals surface area contributed by atoms with Crippen molar-refractivity contribution in [3.05, 3.63) is 27.9 Å². The molecule has 0 saturated carbocycles. The number of H-pyrrole nitrogens is 1. The SMILES string of the molecule is Cc1cc(=O)n2[nH]c(CC3COCCN3)nc2n1. The fraction of sp³-hybridized carbons (Fsp3) is 0.545. The van der Waals surface area contributed by atoms with Crippen LogP contribution in [0.1, 0.15) is 11.5 Å². The van der Waals surface area contributed by atoms with E-state index in [0.29, 0.717) is 24.5 Å². The minimum atomic E-state index is -0.135. The molecule has 3 rings (SSSR count). The van der Waals surface area contributed by atoms with Crippen LogP contribution in [0.5, 0.6) is 0 Å². The number of morpholine rings is 1.